The van der Waals surface area contributed by atoms with E-state index in [0.717, 1.165) is 11.8 Å². The number of ketones is 1. The van der Waals surface area contributed by atoms with Crippen LogP contribution in [-0.4, -0.2) is 22.6 Å². The maximum absolute atomic E-state index is 12.8. The van der Waals surface area contributed by atoms with Crippen molar-refractivity contribution >= 4 is 28.0 Å². The lowest BCUT2D eigenvalue weighted by atomic mass is 9.96. The molecule has 24 heavy (non-hydrogen) atoms. The van der Waals surface area contributed by atoms with Crippen LogP contribution in [0.5, 0.6) is 5.75 Å². The van der Waals surface area contributed by atoms with Gasteiger partial charge in [0.2, 0.25) is 0 Å². The molecule has 1 aromatic heterocycles. The highest BCUT2D eigenvalue weighted by atomic mass is 79.9. The Hall–Kier alpha value is -2.66. The van der Waals surface area contributed by atoms with Crippen LogP contribution in [0.1, 0.15) is 26.4 Å². The number of benzene rings is 2. The number of aldehydes is 1. The van der Waals surface area contributed by atoms with Crippen molar-refractivity contribution < 1.29 is 14.3 Å². The fraction of sp³-hybridized carbons (Fsp3) is 0.0526. The Balaban J connectivity index is 2.05. The smallest absolute Gasteiger partial charge is 0.195 e. The van der Waals surface area contributed by atoms with E-state index in [1.807, 2.05) is 30.3 Å². The van der Waals surface area contributed by atoms with Crippen molar-refractivity contribution in [3.05, 3.63) is 77.6 Å². The van der Waals surface area contributed by atoms with Crippen molar-refractivity contribution in [2.45, 2.75) is 0 Å². The van der Waals surface area contributed by atoms with Crippen LogP contribution in [0.4, 0.5) is 0 Å². The molecule has 0 amide bonds. The van der Waals surface area contributed by atoms with Crippen molar-refractivity contribution in [1.29, 1.82) is 0 Å². The Morgan fingerprint density at radius 1 is 1.08 bits per heavy atom. The molecule has 0 aliphatic heterocycles. The summed E-state index contributed by atoms with van der Waals surface area (Å²) in [5, 5.41) is 0. The largest absolute Gasteiger partial charge is 0.482 e. The maximum atomic E-state index is 12.8. The number of carbonyl (C=O) groups excluding carboxylic acids is 2. The lowest BCUT2D eigenvalue weighted by molar-refractivity contribution is 0.103. The molecule has 1 heterocycles. The first-order chi connectivity index (χ1) is 11.7. The number of ether oxygens (including phenoxy) is 1. The minimum atomic E-state index is -0.129. The number of hydrogen-bond acceptors (Lipinski definition) is 3. The SMILES string of the molecule is O=Cc1[nH]cc(C(=O)c2ccccc2)c1-c1ccc(OCBr)cc1. The quantitative estimate of drug-likeness (QED) is 0.388. The highest BCUT2D eigenvalue weighted by Crippen LogP contribution is 2.30. The minimum Gasteiger partial charge on any atom is -0.482 e. The van der Waals surface area contributed by atoms with Gasteiger partial charge in [0.05, 0.1) is 5.69 Å². The van der Waals surface area contributed by atoms with Crippen LogP contribution in [0, 0.1) is 0 Å². The fourth-order valence-electron chi connectivity index (χ4n) is 2.55. The van der Waals surface area contributed by atoms with Gasteiger partial charge in [0, 0.05) is 22.9 Å². The second kappa shape index (κ2) is 7.27. The lowest BCUT2D eigenvalue weighted by Gasteiger charge is -2.07. The molecule has 3 aromatic rings. The number of carbonyl (C=O) groups is 2. The first-order valence-corrected chi connectivity index (χ1v) is 8.42. The standard InChI is InChI=1S/C19H14BrNO3/c20-12-24-15-8-6-13(7-9-15)18-16(10-21-17(18)11-22)19(23)14-4-2-1-3-5-14/h1-11,21H,12H2. The zero-order chi connectivity index (χ0) is 16.9. The van der Waals surface area contributed by atoms with Crippen LogP contribution < -0.4 is 4.74 Å². The Labute approximate surface area is 147 Å². The van der Waals surface area contributed by atoms with E-state index in [9.17, 15) is 9.59 Å². The molecule has 0 aliphatic carbocycles. The van der Waals surface area contributed by atoms with Gasteiger partial charge in [-0.3, -0.25) is 9.59 Å². The normalized spacial score (nSPS) is 10.4. The van der Waals surface area contributed by atoms with Crippen LogP contribution in [0.25, 0.3) is 11.1 Å². The zero-order valence-electron chi connectivity index (χ0n) is 12.7. The number of rotatable bonds is 6. The summed E-state index contributed by atoms with van der Waals surface area (Å²) in [5.41, 5.74) is 3.20. The third-order valence-corrected chi connectivity index (χ3v) is 3.90. The molecule has 4 nitrogen and oxygen atoms in total. The van der Waals surface area contributed by atoms with Crippen molar-refractivity contribution in [1.82, 2.24) is 4.98 Å². The second-order valence-electron chi connectivity index (χ2n) is 5.08. The van der Waals surface area contributed by atoms with Crippen LogP contribution in [0.15, 0.2) is 60.8 Å². The van der Waals surface area contributed by atoms with Crippen molar-refractivity contribution in [2.75, 3.05) is 5.52 Å². The first-order valence-electron chi connectivity index (χ1n) is 7.30. The van der Waals surface area contributed by atoms with E-state index in [1.54, 1.807) is 30.5 Å². The third-order valence-electron chi connectivity index (χ3n) is 3.67. The summed E-state index contributed by atoms with van der Waals surface area (Å²) >= 11 is 3.20. The van der Waals surface area contributed by atoms with Crippen LogP contribution in [-0.2, 0) is 0 Å². The van der Waals surface area contributed by atoms with Gasteiger partial charge < -0.3 is 9.72 Å². The average Bonchev–Trinajstić information content (AvgIpc) is 3.07. The van der Waals surface area contributed by atoms with Crippen LogP contribution >= 0.6 is 15.9 Å². The zero-order valence-corrected chi connectivity index (χ0v) is 14.2. The van der Waals surface area contributed by atoms with E-state index >= 15 is 0 Å². The molecule has 120 valence electrons. The van der Waals surface area contributed by atoms with Gasteiger partial charge in [0.25, 0.3) is 0 Å². The van der Waals surface area contributed by atoms with Crippen molar-refractivity contribution in [2.24, 2.45) is 0 Å². The Bertz CT molecular complexity index is 854. The molecule has 1 N–H and O–H groups in total. The van der Waals surface area contributed by atoms with E-state index in [4.69, 9.17) is 4.74 Å². The van der Waals surface area contributed by atoms with Crippen molar-refractivity contribution in [3.63, 3.8) is 0 Å². The Morgan fingerprint density at radius 3 is 2.42 bits per heavy atom. The molecule has 5 heteroatoms. The molecule has 0 bridgehead atoms. The summed E-state index contributed by atoms with van der Waals surface area (Å²) in [6, 6.07) is 16.3. The molecule has 0 saturated heterocycles. The topological polar surface area (TPSA) is 59.2 Å². The molecule has 0 atom stereocenters. The number of hydrogen-bond donors (Lipinski definition) is 1. The first kappa shape index (κ1) is 16.2. The average molecular weight is 384 g/mol. The predicted octanol–water partition coefficient (Wildman–Crippen LogP) is 4.46. The second-order valence-corrected chi connectivity index (χ2v) is 5.54. The summed E-state index contributed by atoms with van der Waals surface area (Å²) in [6.45, 7) is 0. The maximum Gasteiger partial charge on any atom is 0.195 e. The number of nitrogens with one attached hydrogen (secondary N) is 1. The van der Waals surface area contributed by atoms with Crippen LogP contribution in [0.2, 0.25) is 0 Å². The summed E-state index contributed by atoms with van der Waals surface area (Å²) in [7, 11) is 0. The predicted molar refractivity (Wildman–Crippen MR) is 95.9 cm³/mol. The number of aromatic nitrogens is 1. The van der Waals surface area contributed by atoms with Crippen molar-refractivity contribution in [3.8, 4) is 16.9 Å². The van der Waals surface area contributed by atoms with E-state index in [1.165, 1.54) is 0 Å². The number of H-pyrrole nitrogens is 1. The monoisotopic (exact) mass is 383 g/mol. The van der Waals surface area contributed by atoms with E-state index in [2.05, 4.69) is 20.9 Å². The fourth-order valence-corrected chi connectivity index (χ4v) is 2.81. The summed E-state index contributed by atoms with van der Waals surface area (Å²) in [4.78, 5) is 27.0. The highest BCUT2D eigenvalue weighted by Gasteiger charge is 2.19. The molecule has 0 aliphatic rings. The Kier molecular flexibility index (Phi) is 4.91. The van der Waals surface area contributed by atoms with E-state index in [0.29, 0.717) is 33.6 Å². The minimum absolute atomic E-state index is 0.129. The van der Waals surface area contributed by atoms with Gasteiger partial charge in [0.1, 0.15) is 11.3 Å². The molecule has 0 fully saturated rings. The molecule has 0 spiro atoms. The lowest BCUT2D eigenvalue weighted by Crippen LogP contribution is -2.02. The van der Waals surface area contributed by atoms with Gasteiger partial charge in [0.15, 0.2) is 12.1 Å². The molecule has 3 rings (SSSR count). The summed E-state index contributed by atoms with van der Waals surface area (Å²) < 4.78 is 5.35. The molecule has 0 radical (unpaired) electrons. The van der Waals surface area contributed by atoms with Gasteiger partial charge in [-0.25, -0.2) is 0 Å². The van der Waals surface area contributed by atoms with E-state index < -0.39 is 0 Å². The third kappa shape index (κ3) is 3.16. The Morgan fingerprint density at radius 2 is 1.79 bits per heavy atom. The van der Waals surface area contributed by atoms with Gasteiger partial charge in [-0.05, 0) is 33.6 Å². The van der Waals surface area contributed by atoms with Gasteiger partial charge in [-0.1, -0.05) is 42.5 Å². The number of alkyl halides is 1. The molecule has 2 aromatic carbocycles. The van der Waals surface area contributed by atoms with Gasteiger partial charge >= 0.3 is 0 Å². The number of halogens is 1. The van der Waals surface area contributed by atoms with E-state index in [-0.39, 0.29) is 5.78 Å². The number of aromatic amines is 1. The van der Waals surface area contributed by atoms with Crippen LogP contribution in [0.3, 0.4) is 0 Å². The highest BCUT2D eigenvalue weighted by molar-refractivity contribution is 9.09. The van der Waals surface area contributed by atoms with Gasteiger partial charge in [-0.15, -0.1) is 0 Å². The van der Waals surface area contributed by atoms with Gasteiger partial charge in [-0.2, -0.15) is 0 Å². The molecule has 0 unspecified atom stereocenters. The molecule has 0 saturated carbocycles. The molecular weight excluding hydrogens is 370 g/mol. The summed E-state index contributed by atoms with van der Waals surface area (Å²) in [6.07, 6.45) is 2.30. The summed E-state index contributed by atoms with van der Waals surface area (Å²) in [5.74, 6) is 0.575. The molecular formula is C19H14BrNO3.